The standard InChI is InChI=1S/C20H22F2N4O3/c1-28-15-7-13(8-16(9-15)29-2)19(27)25-10-12-5-14(18(22)17(21)6-12)11-26-20-23-3-4-24-20/h5-9H,3-4,10-11H2,1-2H3,(H,25,27)(H2,23,24,26). The van der Waals surface area contributed by atoms with E-state index in [2.05, 4.69) is 20.9 Å². The molecule has 0 saturated heterocycles. The van der Waals surface area contributed by atoms with Gasteiger partial charge in [-0.15, -0.1) is 0 Å². The fraction of sp³-hybridized carbons (Fsp3) is 0.300. The monoisotopic (exact) mass is 404 g/mol. The molecular formula is C20H22F2N4O3. The van der Waals surface area contributed by atoms with Crippen LogP contribution in [0.25, 0.3) is 0 Å². The normalized spacial score (nSPS) is 12.8. The summed E-state index contributed by atoms with van der Waals surface area (Å²) in [6.07, 6.45) is 0. The Morgan fingerprint density at radius 1 is 1.10 bits per heavy atom. The van der Waals surface area contributed by atoms with Gasteiger partial charge in [0.05, 0.1) is 20.8 Å². The Kier molecular flexibility index (Phi) is 6.48. The molecule has 0 radical (unpaired) electrons. The lowest BCUT2D eigenvalue weighted by atomic mass is 10.1. The van der Waals surface area contributed by atoms with Gasteiger partial charge in [-0.3, -0.25) is 9.79 Å². The summed E-state index contributed by atoms with van der Waals surface area (Å²) in [6.45, 7) is 1.45. The molecule has 9 heteroatoms. The number of ether oxygens (including phenoxy) is 2. The Balaban J connectivity index is 1.69. The maximum atomic E-state index is 14.1. The first-order valence-electron chi connectivity index (χ1n) is 9.00. The highest BCUT2D eigenvalue weighted by Crippen LogP contribution is 2.22. The average Bonchev–Trinajstić information content (AvgIpc) is 3.26. The second-order valence-corrected chi connectivity index (χ2v) is 6.35. The molecular weight excluding hydrogens is 382 g/mol. The van der Waals surface area contributed by atoms with Crippen molar-refractivity contribution in [3.63, 3.8) is 0 Å². The van der Waals surface area contributed by atoms with Gasteiger partial charge in [-0.2, -0.15) is 0 Å². The molecule has 0 bridgehead atoms. The summed E-state index contributed by atoms with van der Waals surface area (Å²) in [5.41, 5.74) is 0.912. The van der Waals surface area contributed by atoms with Crippen molar-refractivity contribution in [1.82, 2.24) is 16.0 Å². The number of carbonyl (C=O) groups is 1. The third kappa shape index (κ3) is 5.13. The Morgan fingerprint density at radius 3 is 2.45 bits per heavy atom. The first kappa shape index (κ1) is 20.4. The van der Waals surface area contributed by atoms with E-state index in [1.54, 1.807) is 18.2 Å². The van der Waals surface area contributed by atoms with Gasteiger partial charge >= 0.3 is 0 Å². The number of nitrogens with zero attached hydrogens (tertiary/aromatic N) is 1. The number of hydrogen-bond donors (Lipinski definition) is 3. The molecule has 1 amide bonds. The van der Waals surface area contributed by atoms with Crippen LogP contribution >= 0.6 is 0 Å². The zero-order valence-corrected chi connectivity index (χ0v) is 16.1. The fourth-order valence-electron chi connectivity index (χ4n) is 2.86. The fourth-order valence-corrected chi connectivity index (χ4v) is 2.86. The van der Waals surface area contributed by atoms with Crippen LogP contribution in [0.5, 0.6) is 11.5 Å². The van der Waals surface area contributed by atoms with Gasteiger partial charge < -0.3 is 25.4 Å². The number of hydrogen-bond acceptors (Lipinski definition) is 6. The molecule has 1 aliphatic heterocycles. The van der Waals surface area contributed by atoms with Gasteiger partial charge in [0.15, 0.2) is 17.6 Å². The van der Waals surface area contributed by atoms with Crippen molar-refractivity contribution >= 4 is 11.9 Å². The molecule has 29 heavy (non-hydrogen) atoms. The Bertz CT molecular complexity index is 912. The minimum absolute atomic E-state index is 0.0295. The summed E-state index contributed by atoms with van der Waals surface area (Å²) >= 11 is 0. The second-order valence-electron chi connectivity index (χ2n) is 6.35. The summed E-state index contributed by atoms with van der Waals surface area (Å²) in [5, 5.41) is 8.62. The van der Waals surface area contributed by atoms with Crippen LogP contribution in [-0.4, -0.2) is 39.2 Å². The van der Waals surface area contributed by atoms with Crippen molar-refractivity contribution in [2.24, 2.45) is 4.99 Å². The molecule has 2 aromatic rings. The summed E-state index contributed by atoms with van der Waals surface area (Å²) in [4.78, 5) is 16.6. The van der Waals surface area contributed by atoms with Gasteiger partial charge in [0.2, 0.25) is 0 Å². The van der Waals surface area contributed by atoms with Crippen LogP contribution in [-0.2, 0) is 13.1 Å². The van der Waals surface area contributed by atoms with E-state index in [0.29, 0.717) is 41.7 Å². The number of nitrogens with one attached hydrogen (secondary N) is 3. The number of rotatable bonds is 7. The van der Waals surface area contributed by atoms with Crippen LogP contribution in [0.3, 0.4) is 0 Å². The molecule has 0 aliphatic carbocycles. The van der Waals surface area contributed by atoms with Crippen LogP contribution in [0, 0.1) is 11.6 Å². The van der Waals surface area contributed by atoms with Gasteiger partial charge in [0, 0.05) is 36.8 Å². The van der Waals surface area contributed by atoms with Crippen molar-refractivity contribution in [1.29, 1.82) is 0 Å². The lowest BCUT2D eigenvalue weighted by Crippen LogP contribution is -2.33. The largest absolute Gasteiger partial charge is 0.497 e. The minimum Gasteiger partial charge on any atom is -0.497 e. The summed E-state index contributed by atoms with van der Waals surface area (Å²) in [6, 6.07) is 7.35. The van der Waals surface area contributed by atoms with E-state index in [1.165, 1.54) is 20.3 Å². The number of aliphatic imine (C=N–C) groups is 1. The lowest BCUT2D eigenvalue weighted by Gasteiger charge is -2.12. The molecule has 0 unspecified atom stereocenters. The second kappa shape index (κ2) is 9.22. The van der Waals surface area contributed by atoms with Crippen molar-refractivity contribution in [2.45, 2.75) is 13.1 Å². The smallest absolute Gasteiger partial charge is 0.251 e. The summed E-state index contributed by atoms with van der Waals surface area (Å²) < 4.78 is 38.4. The molecule has 0 saturated carbocycles. The van der Waals surface area contributed by atoms with Crippen LogP contribution in [0.4, 0.5) is 8.78 Å². The Morgan fingerprint density at radius 2 is 1.83 bits per heavy atom. The quantitative estimate of drug-likeness (QED) is 0.657. The maximum Gasteiger partial charge on any atom is 0.251 e. The molecule has 3 rings (SSSR count). The SMILES string of the molecule is COc1cc(OC)cc(C(=O)NCc2cc(F)c(F)c(CNC3=NCCN3)c2)c1. The molecule has 0 fully saturated rings. The summed E-state index contributed by atoms with van der Waals surface area (Å²) in [7, 11) is 2.97. The van der Waals surface area contributed by atoms with Crippen molar-refractivity contribution in [2.75, 3.05) is 27.3 Å². The summed E-state index contributed by atoms with van der Waals surface area (Å²) in [5.74, 6) is -0.800. The number of methoxy groups -OCH3 is 2. The van der Waals surface area contributed by atoms with Gasteiger partial charge in [0.25, 0.3) is 5.91 Å². The van der Waals surface area contributed by atoms with Gasteiger partial charge in [-0.25, -0.2) is 8.78 Å². The van der Waals surface area contributed by atoms with E-state index in [1.807, 2.05) is 0 Å². The molecule has 7 nitrogen and oxygen atoms in total. The number of carbonyl (C=O) groups excluding carboxylic acids is 1. The van der Waals surface area contributed by atoms with Crippen molar-refractivity contribution in [3.05, 3.63) is 58.7 Å². The highest BCUT2D eigenvalue weighted by atomic mass is 19.2. The van der Waals surface area contributed by atoms with Crippen LogP contribution in [0.2, 0.25) is 0 Å². The predicted molar refractivity (Wildman–Crippen MR) is 104 cm³/mol. The number of amides is 1. The molecule has 3 N–H and O–H groups in total. The molecule has 0 spiro atoms. The third-order valence-corrected chi connectivity index (χ3v) is 4.35. The topological polar surface area (TPSA) is 84.0 Å². The maximum absolute atomic E-state index is 14.1. The number of benzene rings is 2. The Hall–Kier alpha value is -3.36. The van der Waals surface area contributed by atoms with E-state index < -0.39 is 17.5 Å². The average molecular weight is 404 g/mol. The Labute approximate surface area is 167 Å². The third-order valence-electron chi connectivity index (χ3n) is 4.35. The molecule has 154 valence electrons. The first-order chi connectivity index (χ1) is 14.0. The molecule has 2 aromatic carbocycles. The minimum atomic E-state index is -0.974. The number of halogens is 2. The van der Waals surface area contributed by atoms with E-state index in [4.69, 9.17) is 9.47 Å². The van der Waals surface area contributed by atoms with E-state index >= 15 is 0 Å². The zero-order valence-electron chi connectivity index (χ0n) is 16.1. The van der Waals surface area contributed by atoms with Gasteiger partial charge in [-0.05, 0) is 29.8 Å². The predicted octanol–water partition coefficient (Wildman–Crippen LogP) is 1.96. The molecule has 0 aromatic heterocycles. The van der Waals surface area contributed by atoms with Gasteiger partial charge in [-0.1, -0.05) is 0 Å². The van der Waals surface area contributed by atoms with E-state index in [0.717, 1.165) is 6.07 Å². The van der Waals surface area contributed by atoms with Crippen LogP contribution in [0.1, 0.15) is 21.5 Å². The first-order valence-corrected chi connectivity index (χ1v) is 9.00. The van der Waals surface area contributed by atoms with Crippen LogP contribution in [0.15, 0.2) is 35.3 Å². The van der Waals surface area contributed by atoms with Crippen molar-refractivity contribution < 1.29 is 23.0 Å². The van der Waals surface area contributed by atoms with Crippen LogP contribution < -0.4 is 25.4 Å². The molecule has 0 atom stereocenters. The highest BCUT2D eigenvalue weighted by Gasteiger charge is 2.14. The van der Waals surface area contributed by atoms with Gasteiger partial charge in [0.1, 0.15) is 11.5 Å². The van der Waals surface area contributed by atoms with E-state index in [-0.39, 0.29) is 18.7 Å². The van der Waals surface area contributed by atoms with Crippen molar-refractivity contribution in [3.8, 4) is 11.5 Å². The molecule has 1 heterocycles. The molecule has 1 aliphatic rings. The highest BCUT2D eigenvalue weighted by molar-refractivity contribution is 5.95. The zero-order chi connectivity index (χ0) is 20.8. The lowest BCUT2D eigenvalue weighted by molar-refractivity contribution is 0.0950. The van der Waals surface area contributed by atoms with E-state index in [9.17, 15) is 13.6 Å². The number of guanidine groups is 1.